The zero-order valence-corrected chi connectivity index (χ0v) is 20.3. The second-order valence-corrected chi connectivity index (χ2v) is 8.48. The van der Waals surface area contributed by atoms with Gasteiger partial charge < -0.3 is 19.4 Å². The van der Waals surface area contributed by atoms with Crippen molar-refractivity contribution in [2.75, 3.05) is 26.5 Å². The molecule has 170 valence electrons. The Labute approximate surface area is 193 Å². The predicted molar refractivity (Wildman–Crippen MR) is 126 cm³/mol. The molecule has 1 amide bonds. The molecule has 9 heteroatoms. The molecule has 7 nitrogen and oxygen atoms in total. The summed E-state index contributed by atoms with van der Waals surface area (Å²) in [6, 6.07) is 3.53. The highest BCUT2D eigenvalue weighted by atomic mass is 35.5. The number of halogens is 1. The van der Waals surface area contributed by atoms with E-state index in [1.54, 1.807) is 37.1 Å². The van der Waals surface area contributed by atoms with Gasteiger partial charge in [0, 0.05) is 25.6 Å². The van der Waals surface area contributed by atoms with Crippen LogP contribution in [0.3, 0.4) is 0 Å². The van der Waals surface area contributed by atoms with Crippen molar-refractivity contribution in [1.82, 2.24) is 20.1 Å². The van der Waals surface area contributed by atoms with Crippen molar-refractivity contribution < 1.29 is 14.3 Å². The van der Waals surface area contributed by atoms with Crippen molar-refractivity contribution >= 4 is 35.3 Å². The fraction of sp³-hybridized carbons (Fsp3) is 0.500. The molecule has 0 spiro atoms. The molecule has 0 saturated carbocycles. The van der Waals surface area contributed by atoms with Gasteiger partial charge in [-0.15, -0.1) is 10.2 Å². The first-order valence-corrected chi connectivity index (χ1v) is 11.9. The molecule has 31 heavy (non-hydrogen) atoms. The van der Waals surface area contributed by atoms with Crippen LogP contribution in [-0.2, 0) is 17.8 Å². The summed E-state index contributed by atoms with van der Waals surface area (Å²) in [5.74, 6) is 2.34. The number of aromatic nitrogens is 3. The third-order valence-corrected chi connectivity index (χ3v) is 5.31. The van der Waals surface area contributed by atoms with E-state index in [-0.39, 0.29) is 5.91 Å². The SMILES string of the molecule is CCOc1cc(C=CC(=O)NCCCc2nnc(SC)n2CC(C)C)cc(Cl)c1OC. The minimum Gasteiger partial charge on any atom is -0.491 e. The van der Waals surface area contributed by atoms with E-state index in [1.165, 1.54) is 6.08 Å². The maximum Gasteiger partial charge on any atom is 0.243 e. The number of ether oxygens (including phenoxy) is 2. The molecule has 1 aromatic carbocycles. The van der Waals surface area contributed by atoms with E-state index in [0.717, 1.165) is 35.9 Å². The van der Waals surface area contributed by atoms with Crippen LogP contribution in [0.15, 0.2) is 23.4 Å². The minimum atomic E-state index is -0.168. The van der Waals surface area contributed by atoms with Gasteiger partial charge in [-0.25, -0.2) is 0 Å². The Hall–Kier alpha value is -2.19. The molecule has 1 N–H and O–H groups in total. The third-order valence-electron chi connectivity index (χ3n) is 4.36. The quantitative estimate of drug-likeness (QED) is 0.282. The molecule has 0 bridgehead atoms. The Balaban J connectivity index is 1.89. The molecule has 0 aliphatic rings. The Kier molecular flexibility index (Phi) is 10.2. The van der Waals surface area contributed by atoms with Crippen molar-refractivity contribution in [2.45, 2.75) is 45.3 Å². The second-order valence-electron chi connectivity index (χ2n) is 7.30. The summed E-state index contributed by atoms with van der Waals surface area (Å²) in [7, 11) is 1.54. The molecular formula is C22H31ClN4O3S. The lowest BCUT2D eigenvalue weighted by atomic mass is 10.2. The topological polar surface area (TPSA) is 78.3 Å². The summed E-state index contributed by atoms with van der Waals surface area (Å²) in [4.78, 5) is 12.2. The van der Waals surface area contributed by atoms with Crippen molar-refractivity contribution in [3.05, 3.63) is 34.6 Å². The van der Waals surface area contributed by atoms with E-state index in [1.807, 2.05) is 13.2 Å². The van der Waals surface area contributed by atoms with Gasteiger partial charge in [-0.3, -0.25) is 4.79 Å². The van der Waals surface area contributed by atoms with E-state index in [9.17, 15) is 4.79 Å². The molecule has 2 rings (SSSR count). The highest BCUT2D eigenvalue weighted by Gasteiger charge is 2.13. The van der Waals surface area contributed by atoms with Crippen LogP contribution in [0.2, 0.25) is 5.02 Å². The highest BCUT2D eigenvalue weighted by Crippen LogP contribution is 2.36. The fourth-order valence-corrected chi connectivity index (χ4v) is 3.86. The first-order valence-electron chi connectivity index (χ1n) is 10.3. The Morgan fingerprint density at radius 2 is 2.13 bits per heavy atom. The number of carbonyl (C=O) groups is 1. The van der Waals surface area contributed by atoms with Gasteiger partial charge in [0.15, 0.2) is 16.7 Å². The van der Waals surface area contributed by atoms with Gasteiger partial charge in [-0.05, 0) is 49.3 Å². The number of aryl methyl sites for hydroxylation is 1. The van der Waals surface area contributed by atoms with Crippen LogP contribution in [0, 0.1) is 5.92 Å². The lowest BCUT2D eigenvalue weighted by Gasteiger charge is -2.12. The molecule has 0 saturated heterocycles. The summed E-state index contributed by atoms with van der Waals surface area (Å²) >= 11 is 7.85. The van der Waals surface area contributed by atoms with Crippen molar-refractivity contribution in [3.8, 4) is 11.5 Å². The van der Waals surface area contributed by atoms with Gasteiger partial charge in [0.2, 0.25) is 5.91 Å². The van der Waals surface area contributed by atoms with Crippen LogP contribution in [0.4, 0.5) is 0 Å². The lowest BCUT2D eigenvalue weighted by Crippen LogP contribution is -2.23. The first kappa shape index (κ1) is 25.1. The molecule has 0 radical (unpaired) electrons. The van der Waals surface area contributed by atoms with E-state index in [4.69, 9.17) is 21.1 Å². The Bertz CT molecular complexity index is 899. The summed E-state index contributed by atoms with van der Waals surface area (Å²) in [6.07, 6.45) is 6.74. The van der Waals surface area contributed by atoms with Gasteiger partial charge in [0.25, 0.3) is 0 Å². The average Bonchev–Trinajstić information content (AvgIpc) is 3.10. The zero-order chi connectivity index (χ0) is 22.8. The molecule has 0 atom stereocenters. The number of thioether (sulfide) groups is 1. The van der Waals surface area contributed by atoms with Gasteiger partial charge in [-0.1, -0.05) is 37.2 Å². The fourth-order valence-electron chi connectivity index (χ4n) is 3.04. The number of hydrogen-bond donors (Lipinski definition) is 1. The van der Waals surface area contributed by atoms with E-state index in [2.05, 4.69) is 33.9 Å². The van der Waals surface area contributed by atoms with E-state index < -0.39 is 0 Å². The monoisotopic (exact) mass is 466 g/mol. The van der Waals surface area contributed by atoms with Gasteiger partial charge >= 0.3 is 0 Å². The van der Waals surface area contributed by atoms with Crippen LogP contribution >= 0.6 is 23.4 Å². The summed E-state index contributed by atoms with van der Waals surface area (Å²) in [5, 5.41) is 12.8. The molecule has 0 aliphatic heterocycles. The van der Waals surface area contributed by atoms with Crippen LogP contribution in [0.5, 0.6) is 11.5 Å². The molecule has 1 heterocycles. The number of amides is 1. The summed E-state index contributed by atoms with van der Waals surface area (Å²) in [6.45, 7) is 8.17. The predicted octanol–water partition coefficient (Wildman–Crippen LogP) is 4.48. The minimum absolute atomic E-state index is 0.168. The second kappa shape index (κ2) is 12.6. The van der Waals surface area contributed by atoms with Crippen LogP contribution in [0.1, 0.15) is 38.6 Å². The molecule has 0 aliphatic carbocycles. The number of carbonyl (C=O) groups excluding carboxylic acids is 1. The largest absolute Gasteiger partial charge is 0.491 e. The Morgan fingerprint density at radius 1 is 1.35 bits per heavy atom. The Morgan fingerprint density at radius 3 is 2.77 bits per heavy atom. The van der Waals surface area contributed by atoms with E-state index in [0.29, 0.717) is 35.6 Å². The normalized spacial score (nSPS) is 11.3. The van der Waals surface area contributed by atoms with E-state index >= 15 is 0 Å². The van der Waals surface area contributed by atoms with Crippen molar-refractivity contribution in [2.24, 2.45) is 5.92 Å². The summed E-state index contributed by atoms with van der Waals surface area (Å²) < 4.78 is 13.0. The van der Waals surface area contributed by atoms with Crippen LogP contribution in [0.25, 0.3) is 6.08 Å². The zero-order valence-electron chi connectivity index (χ0n) is 18.8. The maximum absolute atomic E-state index is 12.2. The standard InChI is InChI=1S/C22H31ClN4O3S/c1-6-30-18-13-16(12-17(23)21(18)29-4)9-10-20(28)24-11-7-8-19-25-26-22(31-5)27(19)14-15(2)3/h9-10,12-13,15H,6-8,11,14H2,1-5H3,(H,24,28). The number of benzene rings is 1. The number of hydrogen-bond acceptors (Lipinski definition) is 6. The molecule has 1 aromatic heterocycles. The van der Waals surface area contributed by atoms with Gasteiger partial charge in [0.05, 0.1) is 18.7 Å². The maximum atomic E-state index is 12.2. The first-order chi connectivity index (χ1) is 14.9. The smallest absolute Gasteiger partial charge is 0.243 e. The molecule has 0 unspecified atom stereocenters. The van der Waals surface area contributed by atoms with Gasteiger partial charge in [-0.2, -0.15) is 0 Å². The number of methoxy groups -OCH3 is 1. The lowest BCUT2D eigenvalue weighted by molar-refractivity contribution is -0.116. The van der Waals surface area contributed by atoms with Gasteiger partial charge in [0.1, 0.15) is 5.82 Å². The number of rotatable bonds is 12. The number of nitrogens with one attached hydrogen (secondary N) is 1. The van der Waals surface area contributed by atoms with Crippen LogP contribution < -0.4 is 14.8 Å². The van der Waals surface area contributed by atoms with Crippen molar-refractivity contribution in [3.63, 3.8) is 0 Å². The molecule has 0 fully saturated rings. The molecule has 2 aromatic rings. The van der Waals surface area contributed by atoms with Crippen LogP contribution in [-0.4, -0.2) is 47.2 Å². The average molecular weight is 467 g/mol. The number of nitrogens with zero attached hydrogens (tertiary/aromatic N) is 3. The molecular weight excluding hydrogens is 436 g/mol. The summed E-state index contributed by atoms with van der Waals surface area (Å²) in [5.41, 5.74) is 0.760. The van der Waals surface area contributed by atoms with Crippen molar-refractivity contribution in [1.29, 1.82) is 0 Å². The third kappa shape index (κ3) is 7.47. The highest BCUT2D eigenvalue weighted by molar-refractivity contribution is 7.98.